The molecular formula is C20H26N4O. The van der Waals surface area contributed by atoms with Gasteiger partial charge in [-0.2, -0.15) is 0 Å². The molecule has 0 saturated heterocycles. The van der Waals surface area contributed by atoms with Crippen LogP contribution < -0.4 is 15.8 Å². The predicted octanol–water partition coefficient (Wildman–Crippen LogP) is 3.80. The molecule has 1 aromatic heterocycles. The van der Waals surface area contributed by atoms with Crippen LogP contribution in [0, 0.1) is 0 Å². The molecule has 0 radical (unpaired) electrons. The quantitative estimate of drug-likeness (QED) is 0.769. The lowest BCUT2D eigenvalue weighted by Crippen LogP contribution is -2.24. The zero-order valence-electron chi connectivity index (χ0n) is 15.2. The lowest BCUT2D eigenvalue weighted by molar-refractivity contribution is 0.906. The Kier molecular flexibility index (Phi) is 6.17. The predicted molar refractivity (Wildman–Crippen MR) is 106 cm³/mol. The first kappa shape index (κ1) is 18.5. The number of aromatic amines is 1. The van der Waals surface area contributed by atoms with Gasteiger partial charge in [0.1, 0.15) is 11.5 Å². The fourth-order valence-electron chi connectivity index (χ4n) is 2.78. The molecule has 5 heteroatoms. The van der Waals surface area contributed by atoms with Crippen molar-refractivity contribution in [1.29, 1.82) is 0 Å². The number of aromatic nitrogens is 2. The van der Waals surface area contributed by atoms with E-state index in [9.17, 15) is 4.79 Å². The van der Waals surface area contributed by atoms with Gasteiger partial charge in [-0.3, -0.25) is 4.79 Å². The van der Waals surface area contributed by atoms with E-state index < -0.39 is 0 Å². The van der Waals surface area contributed by atoms with E-state index in [1.54, 1.807) is 18.1 Å². The van der Waals surface area contributed by atoms with Crippen molar-refractivity contribution < 1.29 is 0 Å². The van der Waals surface area contributed by atoms with Crippen LogP contribution in [0.3, 0.4) is 0 Å². The van der Waals surface area contributed by atoms with Crippen molar-refractivity contribution in [3.63, 3.8) is 0 Å². The standard InChI is InChI=1S/C20H26N4O/c1-6-10-14(3)18-19(24(5)7-2)20(25)23-17(22-18)13-15-11-8-9-12-16(15)21-4/h7-9,11-12,21H,2-3,6,10,13H2,1,4-5H3,(H,22,23,25). The van der Waals surface area contributed by atoms with Crippen LogP contribution in [-0.4, -0.2) is 24.1 Å². The van der Waals surface area contributed by atoms with Crippen LogP contribution in [0.5, 0.6) is 0 Å². The van der Waals surface area contributed by atoms with Gasteiger partial charge in [0.25, 0.3) is 5.56 Å². The normalized spacial score (nSPS) is 10.4. The number of anilines is 2. The molecule has 25 heavy (non-hydrogen) atoms. The molecule has 0 saturated carbocycles. The summed E-state index contributed by atoms with van der Waals surface area (Å²) in [5, 5.41) is 3.17. The highest BCUT2D eigenvalue weighted by Gasteiger charge is 2.17. The van der Waals surface area contributed by atoms with E-state index in [-0.39, 0.29) is 5.56 Å². The number of hydrogen-bond acceptors (Lipinski definition) is 4. The molecule has 1 heterocycles. The molecule has 0 aliphatic carbocycles. The van der Waals surface area contributed by atoms with Gasteiger partial charge in [0.2, 0.25) is 0 Å². The van der Waals surface area contributed by atoms with Crippen molar-refractivity contribution in [3.05, 3.63) is 71.1 Å². The Morgan fingerprint density at radius 3 is 2.76 bits per heavy atom. The van der Waals surface area contributed by atoms with Gasteiger partial charge in [-0.25, -0.2) is 4.98 Å². The van der Waals surface area contributed by atoms with Gasteiger partial charge in [0.05, 0.1) is 5.69 Å². The van der Waals surface area contributed by atoms with Crippen LogP contribution in [0.4, 0.5) is 11.4 Å². The average molecular weight is 338 g/mol. The number of benzene rings is 1. The van der Waals surface area contributed by atoms with E-state index in [0.717, 1.165) is 29.7 Å². The fraction of sp³-hybridized carbons (Fsp3) is 0.300. The number of para-hydroxylation sites is 1. The number of nitrogens with one attached hydrogen (secondary N) is 2. The number of hydrogen-bond donors (Lipinski definition) is 2. The van der Waals surface area contributed by atoms with E-state index >= 15 is 0 Å². The first-order valence-corrected chi connectivity index (χ1v) is 8.44. The Morgan fingerprint density at radius 2 is 2.12 bits per heavy atom. The summed E-state index contributed by atoms with van der Waals surface area (Å²) >= 11 is 0. The third-order valence-electron chi connectivity index (χ3n) is 4.10. The Hall–Kier alpha value is -2.82. The maximum atomic E-state index is 12.7. The Morgan fingerprint density at radius 1 is 1.40 bits per heavy atom. The second kappa shape index (κ2) is 8.33. The van der Waals surface area contributed by atoms with Gasteiger partial charge in [-0.05, 0) is 29.8 Å². The largest absolute Gasteiger partial charge is 0.388 e. The third-order valence-corrected chi connectivity index (χ3v) is 4.10. The molecule has 5 nitrogen and oxygen atoms in total. The van der Waals surface area contributed by atoms with E-state index in [1.165, 1.54) is 0 Å². The zero-order chi connectivity index (χ0) is 18.4. The monoisotopic (exact) mass is 338 g/mol. The first-order valence-electron chi connectivity index (χ1n) is 8.44. The van der Waals surface area contributed by atoms with Gasteiger partial charge >= 0.3 is 0 Å². The van der Waals surface area contributed by atoms with Crippen molar-refractivity contribution >= 4 is 16.9 Å². The van der Waals surface area contributed by atoms with Crippen molar-refractivity contribution in [2.24, 2.45) is 0 Å². The minimum Gasteiger partial charge on any atom is -0.388 e. The van der Waals surface area contributed by atoms with Crippen LogP contribution in [0.1, 0.15) is 36.8 Å². The third kappa shape index (κ3) is 4.18. The molecule has 0 spiro atoms. The van der Waals surface area contributed by atoms with Crippen molar-refractivity contribution in [2.45, 2.75) is 26.2 Å². The minimum atomic E-state index is -0.179. The molecule has 0 bridgehead atoms. The first-order chi connectivity index (χ1) is 12.0. The van der Waals surface area contributed by atoms with Gasteiger partial charge < -0.3 is 15.2 Å². The molecule has 0 atom stereocenters. The molecule has 0 aliphatic rings. The highest BCUT2D eigenvalue weighted by Crippen LogP contribution is 2.25. The fourth-order valence-corrected chi connectivity index (χ4v) is 2.78. The van der Waals surface area contributed by atoms with Gasteiger partial charge in [-0.15, -0.1) is 0 Å². The summed E-state index contributed by atoms with van der Waals surface area (Å²) < 4.78 is 0. The highest BCUT2D eigenvalue weighted by molar-refractivity contribution is 5.72. The molecule has 1 aromatic carbocycles. The molecule has 2 N–H and O–H groups in total. The molecule has 0 unspecified atom stereocenters. The maximum Gasteiger partial charge on any atom is 0.275 e. The van der Waals surface area contributed by atoms with Crippen LogP contribution in [0.25, 0.3) is 5.57 Å². The molecule has 2 rings (SSSR count). The molecule has 0 fully saturated rings. The Balaban J connectivity index is 2.52. The lowest BCUT2D eigenvalue weighted by atomic mass is 10.1. The molecule has 2 aromatic rings. The van der Waals surface area contributed by atoms with Crippen molar-refractivity contribution in [3.8, 4) is 0 Å². The average Bonchev–Trinajstić information content (AvgIpc) is 2.61. The SMILES string of the molecule is C=CN(C)c1c(C(=C)CCC)nc(Cc2ccccc2NC)[nH]c1=O. The van der Waals surface area contributed by atoms with E-state index in [1.807, 2.05) is 31.3 Å². The van der Waals surface area contributed by atoms with Crippen LogP contribution in [-0.2, 0) is 6.42 Å². The van der Waals surface area contributed by atoms with Crippen molar-refractivity contribution in [2.75, 3.05) is 24.3 Å². The summed E-state index contributed by atoms with van der Waals surface area (Å²) in [6.07, 6.45) is 3.88. The number of allylic oxidation sites excluding steroid dienone is 1. The van der Waals surface area contributed by atoms with Crippen LogP contribution in [0.2, 0.25) is 0 Å². The van der Waals surface area contributed by atoms with Gasteiger partial charge in [0, 0.05) is 26.2 Å². The van der Waals surface area contributed by atoms with Gasteiger partial charge in [0.15, 0.2) is 0 Å². The minimum absolute atomic E-state index is 0.179. The van der Waals surface area contributed by atoms with Crippen molar-refractivity contribution in [1.82, 2.24) is 9.97 Å². The second-order valence-corrected chi connectivity index (χ2v) is 5.94. The van der Waals surface area contributed by atoms with Crippen LogP contribution >= 0.6 is 0 Å². The number of nitrogens with zero attached hydrogens (tertiary/aromatic N) is 2. The summed E-state index contributed by atoms with van der Waals surface area (Å²) in [6.45, 7) is 9.95. The summed E-state index contributed by atoms with van der Waals surface area (Å²) in [6, 6.07) is 7.98. The van der Waals surface area contributed by atoms with Gasteiger partial charge in [-0.1, -0.05) is 44.7 Å². The van der Waals surface area contributed by atoms with Crippen LogP contribution in [0.15, 0.2) is 48.4 Å². The lowest BCUT2D eigenvalue weighted by Gasteiger charge is -2.18. The Bertz CT molecular complexity index is 823. The molecule has 0 amide bonds. The zero-order valence-corrected chi connectivity index (χ0v) is 15.2. The number of rotatable bonds is 8. The van der Waals surface area contributed by atoms with E-state index in [4.69, 9.17) is 4.98 Å². The summed E-state index contributed by atoms with van der Waals surface area (Å²) in [4.78, 5) is 22.0. The van der Waals surface area contributed by atoms with E-state index in [2.05, 4.69) is 30.4 Å². The molecule has 0 aliphatic heterocycles. The second-order valence-electron chi connectivity index (χ2n) is 5.94. The Labute approximate surface area is 149 Å². The highest BCUT2D eigenvalue weighted by atomic mass is 16.1. The summed E-state index contributed by atoms with van der Waals surface area (Å²) in [5.74, 6) is 0.626. The maximum absolute atomic E-state index is 12.7. The summed E-state index contributed by atoms with van der Waals surface area (Å²) in [5.41, 5.74) is 3.91. The molecular weight excluding hydrogens is 312 g/mol. The summed E-state index contributed by atoms with van der Waals surface area (Å²) in [7, 11) is 3.67. The van der Waals surface area contributed by atoms with E-state index in [0.29, 0.717) is 23.6 Å². The number of H-pyrrole nitrogens is 1. The topological polar surface area (TPSA) is 61.0 Å². The molecule has 132 valence electrons. The smallest absolute Gasteiger partial charge is 0.275 e.